The van der Waals surface area contributed by atoms with E-state index in [-0.39, 0.29) is 17.9 Å². The van der Waals surface area contributed by atoms with Crippen molar-refractivity contribution >= 4 is 40.8 Å². The summed E-state index contributed by atoms with van der Waals surface area (Å²) in [5, 5.41) is 3.80. The third-order valence-corrected chi connectivity index (χ3v) is 2.85. The minimum absolute atomic E-state index is 0.140. The number of nitrogen functional groups attached to an aromatic ring is 1. The smallest absolute Gasteiger partial charge is 0.323 e. The average molecular weight is 315 g/mol. The number of nitrogens with one attached hydrogen (secondary N) is 2. The quantitative estimate of drug-likeness (QED) is 0.576. The zero-order valence-corrected chi connectivity index (χ0v) is 12.0. The third kappa shape index (κ3) is 3.38. The van der Waals surface area contributed by atoms with Gasteiger partial charge in [0.05, 0.1) is 22.3 Å². The van der Waals surface area contributed by atoms with E-state index in [9.17, 15) is 0 Å². The number of hydrazine groups is 1. The number of rotatable bonds is 5. The fourth-order valence-electron chi connectivity index (χ4n) is 1.40. The van der Waals surface area contributed by atoms with Crippen LogP contribution < -0.4 is 21.3 Å². The molecule has 106 valence electrons. The molecule has 0 spiro atoms. The molecule has 0 saturated heterocycles. The first kappa shape index (κ1) is 14.6. The van der Waals surface area contributed by atoms with E-state index < -0.39 is 0 Å². The van der Waals surface area contributed by atoms with E-state index in [0.29, 0.717) is 22.3 Å². The van der Waals surface area contributed by atoms with Crippen LogP contribution in [-0.2, 0) is 0 Å². The van der Waals surface area contributed by atoms with Gasteiger partial charge in [-0.05, 0) is 19.1 Å². The Labute approximate surface area is 125 Å². The summed E-state index contributed by atoms with van der Waals surface area (Å²) in [6.07, 6.45) is 0. The van der Waals surface area contributed by atoms with Gasteiger partial charge in [-0.15, -0.1) is 0 Å². The molecule has 2 aromatic rings. The van der Waals surface area contributed by atoms with Crippen LogP contribution in [0.25, 0.3) is 0 Å². The van der Waals surface area contributed by atoms with Crippen molar-refractivity contribution < 1.29 is 4.74 Å². The molecule has 1 aromatic heterocycles. The highest BCUT2D eigenvalue weighted by Crippen LogP contribution is 2.31. The van der Waals surface area contributed by atoms with Gasteiger partial charge in [0.15, 0.2) is 0 Å². The van der Waals surface area contributed by atoms with E-state index in [0.717, 1.165) is 0 Å². The van der Waals surface area contributed by atoms with Gasteiger partial charge < -0.3 is 10.1 Å². The van der Waals surface area contributed by atoms with Crippen molar-refractivity contribution in [3.05, 3.63) is 28.2 Å². The highest BCUT2D eigenvalue weighted by molar-refractivity contribution is 6.39. The molecule has 0 aliphatic rings. The van der Waals surface area contributed by atoms with Crippen LogP contribution in [0.5, 0.6) is 6.01 Å². The Balaban J connectivity index is 2.35. The lowest BCUT2D eigenvalue weighted by atomic mass is 10.3. The van der Waals surface area contributed by atoms with Crippen LogP contribution in [0.2, 0.25) is 10.0 Å². The van der Waals surface area contributed by atoms with Gasteiger partial charge in [-0.3, -0.25) is 5.43 Å². The Morgan fingerprint density at radius 1 is 1.15 bits per heavy atom. The summed E-state index contributed by atoms with van der Waals surface area (Å²) in [6.45, 7) is 2.23. The van der Waals surface area contributed by atoms with Crippen molar-refractivity contribution in [1.82, 2.24) is 15.0 Å². The highest BCUT2D eigenvalue weighted by Gasteiger charge is 2.10. The second-order valence-corrected chi connectivity index (χ2v) is 4.38. The normalized spacial score (nSPS) is 10.2. The van der Waals surface area contributed by atoms with Crippen molar-refractivity contribution in [1.29, 1.82) is 0 Å². The van der Waals surface area contributed by atoms with Gasteiger partial charge in [0.2, 0.25) is 11.9 Å². The highest BCUT2D eigenvalue weighted by atomic mass is 35.5. The number of hydrogen-bond acceptors (Lipinski definition) is 7. The largest absolute Gasteiger partial charge is 0.464 e. The summed E-state index contributed by atoms with van der Waals surface area (Å²) in [6, 6.07) is 5.27. The number of para-hydroxylation sites is 1. The maximum atomic E-state index is 6.06. The van der Waals surface area contributed by atoms with Gasteiger partial charge >= 0.3 is 6.01 Å². The van der Waals surface area contributed by atoms with E-state index >= 15 is 0 Å². The predicted octanol–water partition coefficient (Wildman–Crippen LogP) is 2.61. The fraction of sp³-hybridized carbons (Fsp3) is 0.182. The Morgan fingerprint density at radius 3 is 2.40 bits per heavy atom. The molecule has 1 aromatic carbocycles. The number of aromatic nitrogens is 3. The molecule has 0 bridgehead atoms. The lowest BCUT2D eigenvalue weighted by Gasteiger charge is -2.10. The van der Waals surface area contributed by atoms with Crippen LogP contribution in [0.15, 0.2) is 18.2 Å². The number of nitrogens with zero attached hydrogens (tertiary/aromatic N) is 3. The molecule has 2 rings (SSSR count). The van der Waals surface area contributed by atoms with Crippen LogP contribution in [0.1, 0.15) is 6.92 Å². The lowest BCUT2D eigenvalue weighted by Crippen LogP contribution is -2.13. The molecule has 0 amide bonds. The van der Waals surface area contributed by atoms with E-state index in [4.69, 9.17) is 33.8 Å². The van der Waals surface area contributed by atoms with Crippen molar-refractivity contribution in [3.63, 3.8) is 0 Å². The molecule has 0 fully saturated rings. The molecule has 9 heteroatoms. The van der Waals surface area contributed by atoms with Crippen LogP contribution in [0.3, 0.4) is 0 Å². The Kier molecular flexibility index (Phi) is 4.78. The zero-order chi connectivity index (χ0) is 14.5. The van der Waals surface area contributed by atoms with Gasteiger partial charge in [-0.1, -0.05) is 29.3 Å². The van der Waals surface area contributed by atoms with E-state index in [1.807, 2.05) is 6.92 Å². The van der Waals surface area contributed by atoms with Crippen LogP contribution in [0.4, 0.5) is 17.6 Å². The fourth-order valence-corrected chi connectivity index (χ4v) is 1.89. The van der Waals surface area contributed by atoms with Crippen molar-refractivity contribution in [3.8, 4) is 6.01 Å². The summed E-state index contributed by atoms with van der Waals surface area (Å²) in [5.41, 5.74) is 2.83. The van der Waals surface area contributed by atoms with Gasteiger partial charge in [0.1, 0.15) is 0 Å². The first-order chi connectivity index (χ1) is 9.63. The topological polar surface area (TPSA) is 98.0 Å². The Morgan fingerprint density at radius 2 is 1.80 bits per heavy atom. The first-order valence-corrected chi connectivity index (χ1v) is 6.46. The van der Waals surface area contributed by atoms with Gasteiger partial charge in [-0.25, -0.2) is 5.84 Å². The molecular formula is C11H12Cl2N6O. The maximum absolute atomic E-state index is 6.06. The van der Waals surface area contributed by atoms with Gasteiger partial charge in [0, 0.05) is 0 Å². The molecule has 0 radical (unpaired) electrons. The maximum Gasteiger partial charge on any atom is 0.323 e. The molecular weight excluding hydrogens is 303 g/mol. The minimum Gasteiger partial charge on any atom is -0.464 e. The molecule has 1 heterocycles. The zero-order valence-electron chi connectivity index (χ0n) is 10.5. The standard InChI is InChI=1S/C11H12Cl2N6O/c1-2-20-11-17-9(16-10(18-11)19-14)15-8-6(12)4-3-5-7(8)13/h3-5H,2,14H2,1H3,(H2,15,16,17,18,19). The Bertz CT molecular complexity index is 589. The van der Waals surface area contributed by atoms with Crippen LogP contribution in [-0.4, -0.2) is 21.6 Å². The van der Waals surface area contributed by atoms with Crippen molar-refractivity contribution in [2.45, 2.75) is 6.92 Å². The Hall–Kier alpha value is -1.83. The minimum atomic E-state index is 0.140. The first-order valence-electron chi connectivity index (χ1n) is 5.70. The summed E-state index contributed by atoms with van der Waals surface area (Å²) in [4.78, 5) is 12.1. The molecule has 0 aliphatic carbocycles. The second-order valence-electron chi connectivity index (χ2n) is 3.56. The lowest BCUT2D eigenvalue weighted by molar-refractivity contribution is 0.312. The predicted molar refractivity (Wildman–Crippen MR) is 78.6 cm³/mol. The number of benzene rings is 1. The van der Waals surface area contributed by atoms with Crippen LogP contribution in [0, 0.1) is 0 Å². The summed E-state index contributed by atoms with van der Waals surface area (Å²) in [7, 11) is 0. The molecule has 0 saturated carbocycles. The molecule has 0 atom stereocenters. The third-order valence-electron chi connectivity index (χ3n) is 2.22. The average Bonchev–Trinajstić information content (AvgIpc) is 2.43. The van der Waals surface area contributed by atoms with Crippen LogP contribution >= 0.6 is 23.2 Å². The number of hydrogen-bond donors (Lipinski definition) is 3. The molecule has 0 unspecified atom stereocenters. The van der Waals surface area contributed by atoms with Crippen molar-refractivity contribution in [2.24, 2.45) is 5.84 Å². The molecule has 7 nitrogen and oxygen atoms in total. The SMILES string of the molecule is CCOc1nc(NN)nc(Nc2c(Cl)cccc2Cl)n1. The number of halogens is 2. The summed E-state index contributed by atoms with van der Waals surface area (Å²) < 4.78 is 5.22. The number of ether oxygens (including phenoxy) is 1. The van der Waals surface area contributed by atoms with E-state index in [1.165, 1.54) is 0 Å². The molecule has 4 N–H and O–H groups in total. The molecule has 20 heavy (non-hydrogen) atoms. The summed E-state index contributed by atoms with van der Waals surface area (Å²) >= 11 is 12.1. The number of anilines is 3. The van der Waals surface area contributed by atoms with E-state index in [1.54, 1.807) is 18.2 Å². The van der Waals surface area contributed by atoms with E-state index in [2.05, 4.69) is 25.7 Å². The second kappa shape index (κ2) is 6.56. The van der Waals surface area contributed by atoms with Gasteiger partial charge in [0.25, 0.3) is 0 Å². The monoisotopic (exact) mass is 314 g/mol. The van der Waals surface area contributed by atoms with Crippen molar-refractivity contribution in [2.75, 3.05) is 17.3 Å². The number of nitrogens with two attached hydrogens (primary N) is 1. The van der Waals surface area contributed by atoms with Gasteiger partial charge in [-0.2, -0.15) is 15.0 Å². The molecule has 0 aliphatic heterocycles. The summed E-state index contributed by atoms with van der Waals surface area (Å²) in [5.74, 6) is 5.67.